The minimum atomic E-state index is 0.403. The van der Waals surface area contributed by atoms with Crippen LogP contribution in [0, 0.1) is 13.8 Å². The molecule has 0 radical (unpaired) electrons. The number of aromatic nitrogens is 1. The van der Waals surface area contributed by atoms with Gasteiger partial charge in [0.25, 0.3) is 0 Å². The van der Waals surface area contributed by atoms with E-state index >= 15 is 0 Å². The topological polar surface area (TPSA) is 24.9 Å². The normalized spacial score (nSPS) is 12.9. The van der Waals surface area contributed by atoms with E-state index in [2.05, 4.69) is 44.1 Å². The highest BCUT2D eigenvalue weighted by molar-refractivity contribution is 5.25. The molecule has 0 aliphatic heterocycles. The molecule has 0 saturated carbocycles. The summed E-state index contributed by atoms with van der Waals surface area (Å²) >= 11 is 0. The fourth-order valence-electron chi connectivity index (χ4n) is 1.77. The van der Waals surface area contributed by atoms with Gasteiger partial charge in [0, 0.05) is 12.2 Å². The van der Waals surface area contributed by atoms with E-state index in [4.69, 9.17) is 0 Å². The van der Waals surface area contributed by atoms with Crippen LogP contribution < -0.4 is 5.32 Å². The first-order chi connectivity index (χ1) is 6.69. The van der Waals surface area contributed by atoms with Crippen LogP contribution in [-0.4, -0.2) is 11.5 Å². The first-order valence-corrected chi connectivity index (χ1v) is 5.35. The van der Waals surface area contributed by atoms with E-state index < -0.39 is 0 Å². The summed E-state index contributed by atoms with van der Waals surface area (Å²) in [5.41, 5.74) is 3.72. The second-order valence-corrected chi connectivity index (χ2v) is 3.73. The Balaban J connectivity index is 2.92. The minimum absolute atomic E-state index is 0.403. The molecule has 1 aromatic rings. The van der Waals surface area contributed by atoms with Crippen LogP contribution in [-0.2, 0) is 0 Å². The summed E-state index contributed by atoms with van der Waals surface area (Å²) in [4.78, 5) is 4.51. The fourth-order valence-corrected chi connectivity index (χ4v) is 1.77. The van der Waals surface area contributed by atoms with Crippen molar-refractivity contribution in [2.75, 3.05) is 6.54 Å². The third kappa shape index (κ3) is 2.55. The van der Waals surface area contributed by atoms with Gasteiger partial charge in [-0.3, -0.25) is 4.98 Å². The van der Waals surface area contributed by atoms with Gasteiger partial charge in [0.05, 0.1) is 5.69 Å². The highest BCUT2D eigenvalue weighted by atomic mass is 14.9. The number of aryl methyl sites for hydroxylation is 2. The monoisotopic (exact) mass is 192 g/mol. The van der Waals surface area contributed by atoms with Crippen LogP contribution in [0.1, 0.15) is 43.1 Å². The molecule has 1 rings (SSSR count). The Labute approximate surface area is 86.8 Å². The van der Waals surface area contributed by atoms with Crippen molar-refractivity contribution >= 4 is 0 Å². The van der Waals surface area contributed by atoms with Gasteiger partial charge in [0.1, 0.15) is 0 Å². The smallest absolute Gasteiger partial charge is 0.0602 e. The lowest BCUT2D eigenvalue weighted by atomic mass is 10.0. The fraction of sp³-hybridized carbons (Fsp3) is 0.583. The van der Waals surface area contributed by atoms with E-state index in [0.717, 1.165) is 13.0 Å². The minimum Gasteiger partial charge on any atom is -0.309 e. The van der Waals surface area contributed by atoms with Crippen molar-refractivity contribution in [3.05, 3.63) is 29.1 Å². The molecule has 0 saturated heterocycles. The van der Waals surface area contributed by atoms with E-state index in [1.807, 2.05) is 6.20 Å². The van der Waals surface area contributed by atoms with Gasteiger partial charge < -0.3 is 5.32 Å². The Bertz CT molecular complexity index is 294. The number of hydrogen-bond acceptors (Lipinski definition) is 2. The van der Waals surface area contributed by atoms with Crippen molar-refractivity contribution in [2.24, 2.45) is 0 Å². The van der Waals surface area contributed by atoms with Crippen LogP contribution in [0.25, 0.3) is 0 Å². The molecular formula is C12H20N2. The molecule has 1 heterocycles. The van der Waals surface area contributed by atoms with Crippen molar-refractivity contribution in [1.82, 2.24) is 10.3 Å². The average Bonchev–Trinajstić information content (AvgIpc) is 2.15. The summed E-state index contributed by atoms with van der Waals surface area (Å²) < 4.78 is 0. The molecule has 78 valence electrons. The molecule has 0 aromatic carbocycles. The highest BCUT2D eigenvalue weighted by Gasteiger charge is 2.11. The molecule has 0 spiro atoms. The van der Waals surface area contributed by atoms with Crippen LogP contribution in [0.2, 0.25) is 0 Å². The summed E-state index contributed by atoms with van der Waals surface area (Å²) in [5, 5.41) is 3.45. The van der Waals surface area contributed by atoms with Gasteiger partial charge in [-0.25, -0.2) is 0 Å². The van der Waals surface area contributed by atoms with Gasteiger partial charge in [-0.05, 0) is 37.9 Å². The molecular weight excluding hydrogens is 172 g/mol. The Hall–Kier alpha value is -0.890. The summed E-state index contributed by atoms with van der Waals surface area (Å²) in [6, 6.07) is 2.60. The largest absolute Gasteiger partial charge is 0.309 e. The predicted molar refractivity (Wildman–Crippen MR) is 60.4 cm³/mol. The number of nitrogens with one attached hydrogen (secondary N) is 1. The third-order valence-corrected chi connectivity index (χ3v) is 2.44. The van der Waals surface area contributed by atoms with Crippen LogP contribution in [0.4, 0.5) is 0 Å². The molecule has 1 N–H and O–H groups in total. The maximum Gasteiger partial charge on any atom is 0.0602 e. The zero-order chi connectivity index (χ0) is 10.6. The second kappa shape index (κ2) is 5.11. The average molecular weight is 192 g/mol. The van der Waals surface area contributed by atoms with Gasteiger partial charge in [-0.15, -0.1) is 0 Å². The van der Waals surface area contributed by atoms with E-state index in [1.54, 1.807) is 0 Å². The van der Waals surface area contributed by atoms with Gasteiger partial charge >= 0.3 is 0 Å². The van der Waals surface area contributed by atoms with E-state index in [0.29, 0.717) is 6.04 Å². The Morgan fingerprint density at radius 3 is 2.57 bits per heavy atom. The molecule has 0 fully saturated rings. The lowest BCUT2D eigenvalue weighted by Gasteiger charge is -2.17. The number of hydrogen-bond donors (Lipinski definition) is 1. The first-order valence-electron chi connectivity index (χ1n) is 5.35. The maximum atomic E-state index is 4.51. The van der Waals surface area contributed by atoms with Crippen molar-refractivity contribution in [3.63, 3.8) is 0 Å². The standard InChI is InChI=1S/C12H20N2/c1-5-11(13-6-2)12-10(4)7-9(3)8-14-12/h7-8,11,13H,5-6H2,1-4H3. The number of nitrogens with zero attached hydrogens (tertiary/aromatic N) is 1. The lowest BCUT2D eigenvalue weighted by Crippen LogP contribution is -2.22. The molecule has 0 bridgehead atoms. The number of rotatable bonds is 4. The van der Waals surface area contributed by atoms with Crippen LogP contribution in [0.5, 0.6) is 0 Å². The van der Waals surface area contributed by atoms with Crippen molar-refractivity contribution in [2.45, 2.75) is 40.2 Å². The Morgan fingerprint density at radius 1 is 1.36 bits per heavy atom. The molecule has 0 amide bonds. The summed E-state index contributed by atoms with van der Waals surface area (Å²) in [6.07, 6.45) is 3.03. The summed E-state index contributed by atoms with van der Waals surface area (Å²) in [6.45, 7) is 9.53. The van der Waals surface area contributed by atoms with Crippen LogP contribution >= 0.6 is 0 Å². The zero-order valence-electron chi connectivity index (χ0n) is 9.59. The molecule has 0 aliphatic carbocycles. The van der Waals surface area contributed by atoms with E-state index in [1.165, 1.54) is 16.8 Å². The maximum absolute atomic E-state index is 4.51. The lowest BCUT2D eigenvalue weighted by molar-refractivity contribution is 0.522. The Kier molecular flexibility index (Phi) is 4.08. The molecule has 2 heteroatoms. The van der Waals surface area contributed by atoms with Gasteiger partial charge in [-0.2, -0.15) is 0 Å². The Morgan fingerprint density at radius 2 is 2.07 bits per heavy atom. The summed E-state index contributed by atoms with van der Waals surface area (Å²) in [7, 11) is 0. The molecule has 14 heavy (non-hydrogen) atoms. The molecule has 1 aromatic heterocycles. The quantitative estimate of drug-likeness (QED) is 0.793. The zero-order valence-corrected chi connectivity index (χ0v) is 9.59. The highest BCUT2D eigenvalue weighted by Crippen LogP contribution is 2.18. The second-order valence-electron chi connectivity index (χ2n) is 3.73. The molecule has 0 aliphatic rings. The van der Waals surface area contributed by atoms with Crippen molar-refractivity contribution in [3.8, 4) is 0 Å². The van der Waals surface area contributed by atoms with Crippen molar-refractivity contribution < 1.29 is 0 Å². The van der Waals surface area contributed by atoms with Crippen LogP contribution in [0.15, 0.2) is 12.3 Å². The SMILES string of the molecule is CCNC(CC)c1ncc(C)cc1C. The predicted octanol–water partition coefficient (Wildman–Crippen LogP) is 2.76. The van der Waals surface area contributed by atoms with E-state index in [9.17, 15) is 0 Å². The molecule has 2 nitrogen and oxygen atoms in total. The van der Waals surface area contributed by atoms with Gasteiger partial charge in [0.15, 0.2) is 0 Å². The van der Waals surface area contributed by atoms with E-state index in [-0.39, 0.29) is 0 Å². The van der Waals surface area contributed by atoms with Crippen molar-refractivity contribution in [1.29, 1.82) is 0 Å². The molecule has 1 unspecified atom stereocenters. The summed E-state index contributed by atoms with van der Waals surface area (Å²) in [5.74, 6) is 0. The third-order valence-electron chi connectivity index (χ3n) is 2.44. The van der Waals surface area contributed by atoms with Crippen LogP contribution in [0.3, 0.4) is 0 Å². The first kappa shape index (κ1) is 11.2. The number of pyridine rings is 1. The van der Waals surface area contributed by atoms with Gasteiger partial charge in [0.2, 0.25) is 0 Å². The molecule has 1 atom stereocenters. The van der Waals surface area contributed by atoms with Gasteiger partial charge in [-0.1, -0.05) is 19.9 Å².